The van der Waals surface area contributed by atoms with Crippen LogP contribution in [0.4, 0.5) is 9.59 Å². The number of carbonyl (C=O) groups excluding carboxylic acids is 3. The average Bonchev–Trinajstić information content (AvgIpc) is 3.68. The lowest BCUT2D eigenvalue weighted by Gasteiger charge is -2.29. The number of aromatic nitrogens is 1. The van der Waals surface area contributed by atoms with Crippen molar-refractivity contribution >= 4 is 29.3 Å². The van der Waals surface area contributed by atoms with E-state index in [1.165, 1.54) is 11.3 Å². The molecule has 3 atom stereocenters. The van der Waals surface area contributed by atoms with E-state index >= 15 is 0 Å². The Bertz CT molecular complexity index is 1290. The molecule has 3 aromatic rings. The highest BCUT2D eigenvalue weighted by Gasteiger charge is 2.37. The number of Topliss-reactive ketones (excluding diaryl/α,β-unsaturated/α-hetero) is 1. The molecule has 1 aromatic heterocycles. The van der Waals surface area contributed by atoms with E-state index in [0.717, 1.165) is 35.3 Å². The number of benzene rings is 2. The maximum Gasteiger partial charge on any atom is 0.410 e. The summed E-state index contributed by atoms with van der Waals surface area (Å²) in [6.07, 6.45) is 5.38. The Balaban J connectivity index is 1.43. The van der Waals surface area contributed by atoms with E-state index in [4.69, 9.17) is 9.47 Å². The zero-order chi connectivity index (χ0) is 30.7. The Labute approximate surface area is 258 Å². The van der Waals surface area contributed by atoms with Crippen LogP contribution in [0.15, 0.2) is 72.4 Å². The van der Waals surface area contributed by atoms with Crippen molar-refractivity contribution in [2.24, 2.45) is 5.92 Å². The molecule has 1 N–H and O–H groups in total. The largest absolute Gasteiger partial charge is 0.444 e. The van der Waals surface area contributed by atoms with Crippen LogP contribution in [0.5, 0.6) is 0 Å². The van der Waals surface area contributed by atoms with Gasteiger partial charge in [-0.15, -0.1) is 11.3 Å². The summed E-state index contributed by atoms with van der Waals surface area (Å²) in [6, 6.07) is 19.6. The van der Waals surface area contributed by atoms with E-state index in [0.29, 0.717) is 32.2 Å². The fraction of sp³-hybridized carbons (Fsp3) is 0.471. The fourth-order valence-electron chi connectivity index (χ4n) is 5.50. The molecule has 2 heterocycles. The maximum atomic E-state index is 13.7. The van der Waals surface area contributed by atoms with E-state index in [-0.39, 0.29) is 24.3 Å². The van der Waals surface area contributed by atoms with Crippen LogP contribution in [-0.2, 0) is 33.7 Å². The SMILES string of the molecule is CC(C)(C)OC(=O)N1CCC[C@@H]1C(=O)C[C@H](CC[C@H](Cc1ccccc1)NC(=O)OCc1cncs1)Cc1ccccc1. The van der Waals surface area contributed by atoms with Crippen molar-refractivity contribution < 1.29 is 23.9 Å². The third-order valence-electron chi connectivity index (χ3n) is 7.51. The first-order valence-electron chi connectivity index (χ1n) is 15.1. The van der Waals surface area contributed by atoms with Gasteiger partial charge in [0.1, 0.15) is 12.2 Å². The van der Waals surface area contributed by atoms with Gasteiger partial charge in [-0.05, 0) is 76.3 Å². The minimum atomic E-state index is -0.619. The summed E-state index contributed by atoms with van der Waals surface area (Å²) in [6.45, 7) is 6.21. The van der Waals surface area contributed by atoms with Gasteiger partial charge in [-0.1, -0.05) is 60.7 Å². The van der Waals surface area contributed by atoms with Crippen LogP contribution in [-0.4, -0.2) is 52.1 Å². The summed E-state index contributed by atoms with van der Waals surface area (Å²) in [5.41, 5.74) is 3.37. The molecule has 8 nitrogen and oxygen atoms in total. The lowest BCUT2D eigenvalue weighted by molar-refractivity contribution is -0.124. The van der Waals surface area contributed by atoms with Gasteiger partial charge >= 0.3 is 12.2 Å². The number of ketones is 1. The highest BCUT2D eigenvalue weighted by Crippen LogP contribution is 2.27. The van der Waals surface area contributed by atoms with E-state index in [1.807, 2.05) is 69.3 Å². The number of rotatable bonds is 13. The normalized spacial score (nSPS) is 16.3. The molecule has 230 valence electrons. The van der Waals surface area contributed by atoms with E-state index in [1.54, 1.807) is 16.6 Å². The molecule has 0 aliphatic carbocycles. The number of nitrogens with one attached hydrogen (secondary N) is 1. The summed E-state index contributed by atoms with van der Waals surface area (Å²) in [7, 11) is 0. The van der Waals surface area contributed by atoms with Crippen molar-refractivity contribution in [1.82, 2.24) is 15.2 Å². The molecule has 0 unspecified atom stereocenters. The van der Waals surface area contributed by atoms with E-state index in [2.05, 4.69) is 22.4 Å². The third kappa shape index (κ3) is 10.8. The Hall–Kier alpha value is -3.72. The van der Waals surface area contributed by atoms with Crippen LogP contribution in [0.2, 0.25) is 0 Å². The number of hydrogen-bond donors (Lipinski definition) is 1. The standard InChI is InChI=1S/C34H43N3O5S/c1-34(2,3)42-33(40)37-18-10-15-30(37)31(38)21-27(19-25-11-6-4-7-12-25)16-17-28(20-26-13-8-5-9-14-26)36-32(39)41-23-29-22-35-24-43-29/h4-9,11-14,22,24,27-28,30H,10,15-21,23H2,1-3H3,(H,36,39)/t27-,28-,30-/m1/s1. The molecule has 0 saturated carbocycles. The molecule has 4 rings (SSSR count). The van der Waals surface area contributed by atoms with Crippen molar-refractivity contribution in [3.8, 4) is 0 Å². The van der Waals surface area contributed by atoms with E-state index in [9.17, 15) is 14.4 Å². The second-order valence-electron chi connectivity index (χ2n) is 12.2. The lowest BCUT2D eigenvalue weighted by Crippen LogP contribution is -2.44. The van der Waals surface area contributed by atoms with Gasteiger partial charge in [0.15, 0.2) is 5.78 Å². The summed E-state index contributed by atoms with van der Waals surface area (Å²) in [4.78, 5) is 45.8. The summed E-state index contributed by atoms with van der Waals surface area (Å²) in [5.74, 6) is 0.116. The second-order valence-corrected chi connectivity index (χ2v) is 13.2. The van der Waals surface area contributed by atoms with Crippen LogP contribution in [0, 0.1) is 5.92 Å². The lowest BCUT2D eigenvalue weighted by atomic mass is 9.86. The molecular weight excluding hydrogens is 562 g/mol. The first-order valence-corrected chi connectivity index (χ1v) is 15.9. The number of thiazole rings is 1. The summed E-state index contributed by atoms with van der Waals surface area (Å²) < 4.78 is 11.1. The summed E-state index contributed by atoms with van der Waals surface area (Å²) in [5, 5.41) is 3.07. The van der Waals surface area contributed by atoms with Gasteiger partial charge in [0.2, 0.25) is 0 Å². The Morgan fingerprint density at radius 3 is 2.30 bits per heavy atom. The Kier molecular flexibility index (Phi) is 11.7. The zero-order valence-electron chi connectivity index (χ0n) is 25.4. The quantitative estimate of drug-likeness (QED) is 0.226. The van der Waals surface area contributed by atoms with Gasteiger partial charge in [0, 0.05) is 25.2 Å². The molecule has 1 saturated heterocycles. The Morgan fingerprint density at radius 2 is 1.67 bits per heavy atom. The molecular formula is C34H43N3O5S. The molecule has 1 fully saturated rings. The van der Waals surface area contributed by atoms with Gasteiger partial charge < -0.3 is 14.8 Å². The number of alkyl carbamates (subject to hydrolysis) is 1. The van der Waals surface area contributed by atoms with Crippen molar-refractivity contribution in [2.75, 3.05) is 6.54 Å². The van der Waals surface area contributed by atoms with Crippen LogP contribution in [0.25, 0.3) is 0 Å². The van der Waals surface area contributed by atoms with Crippen LogP contribution in [0.3, 0.4) is 0 Å². The van der Waals surface area contributed by atoms with Crippen molar-refractivity contribution in [2.45, 2.75) is 90.0 Å². The van der Waals surface area contributed by atoms with Gasteiger partial charge in [0.05, 0.1) is 16.4 Å². The van der Waals surface area contributed by atoms with Gasteiger partial charge in [-0.2, -0.15) is 0 Å². The van der Waals surface area contributed by atoms with Crippen molar-refractivity contribution in [1.29, 1.82) is 0 Å². The summed E-state index contributed by atoms with van der Waals surface area (Å²) >= 11 is 1.44. The highest BCUT2D eigenvalue weighted by atomic mass is 32.1. The molecule has 2 amide bonds. The van der Waals surface area contributed by atoms with Gasteiger partial charge in [-0.3, -0.25) is 14.7 Å². The second kappa shape index (κ2) is 15.7. The van der Waals surface area contributed by atoms with Crippen molar-refractivity contribution in [3.05, 3.63) is 88.4 Å². The first kappa shape index (κ1) is 32.2. The number of amides is 2. The zero-order valence-corrected chi connectivity index (χ0v) is 26.2. The molecule has 1 aliphatic heterocycles. The molecule has 43 heavy (non-hydrogen) atoms. The van der Waals surface area contributed by atoms with E-state index < -0.39 is 23.8 Å². The number of likely N-dealkylation sites (tertiary alicyclic amines) is 1. The minimum Gasteiger partial charge on any atom is -0.444 e. The first-order chi connectivity index (χ1) is 20.7. The monoisotopic (exact) mass is 605 g/mol. The highest BCUT2D eigenvalue weighted by molar-refractivity contribution is 7.09. The Morgan fingerprint density at radius 1 is 1.00 bits per heavy atom. The number of ether oxygens (including phenoxy) is 2. The topological polar surface area (TPSA) is 97.8 Å². The molecule has 0 bridgehead atoms. The molecule has 9 heteroatoms. The number of nitrogens with zero attached hydrogens (tertiary/aromatic N) is 2. The predicted octanol–water partition coefficient (Wildman–Crippen LogP) is 6.98. The van der Waals surface area contributed by atoms with Gasteiger partial charge in [-0.25, -0.2) is 9.59 Å². The number of hydrogen-bond acceptors (Lipinski definition) is 7. The fourth-order valence-corrected chi connectivity index (χ4v) is 6.01. The average molecular weight is 606 g/mol. The van der Waals surface area contributed by atoms with Crippen molar-refractivity contribution in [3.63, 3.8) is 0 Å². The number of carbonyl (C=O) groups is 3. The van der Waals surface area contributed by atoms with Crippen LogP contribution < -0.4 is 5.32 Å². The maximum absolute atomic E-state index is 13.7. The third-order valence-corrected chi connectivity index (χ3v) is 8.26. The molecule has 0 spiro atoms. The predicted molar refractivity (Wildman–Crippen MR) is 168 cm³/mol. The van der Waals surface area contributed by atoms with Gasteiger partial charge in [0.25, 0.3) is 0 Å². The molecule has 0 radical (unpaired) electrons. The van der Waals surface area contributed by atoms with Crippen LogP contribution >= 0.6 is 11.3 Å². The van der Waals surface area contributed by atoms with Crippen LogP contribution in [0.1, 0.15) is 68.9 Å². The smallest absolute Gasteiger partial charge is 0.410 e. The minimum absolute atomic E-state index is 0.0456. The molecule has 1 aliphatic rings. The molecule has 2 aromatic carbocycles.